The highest BCUT2D eigenvalue weighted by Gasteiger charge is 2.18. The lowest BCUT2D eigenvalue weighted by Crippen LogP contribution is -2.25. The summed E-state index contributed by atoms with van der Waals surface area (Å²) in [5, 5.41) is 2.20. The molecule has 1 unspecified atom stereocenters. The van der Waals surface area contributed by atoms with E-state index >= 15 is 0 Å². The number of hydrogen-bond acceptors (Lipinski definition) is 5. The van der Waals surface area contributed by atoms with Gasteiger partial charge in [-0.05, 0) is 24.1 Å². The minimum Gasteiger partial charge on any atom is -0.369 e. The van der Waals surface area contributed by atoms with Crippen molar-refractivity contribution in [3.8, 4) is 11.1 Å². The van der Waals surface area contributed by atoms with Crippen LogP contribution in [0.5, 0.6) is 0 Å². The predicted molar refractivity (Wildman–Crippen MR) is 94.8 cm³/mol. The molecule has 5 nitrogen and oxygen atoms in total. The third-order valence-electron chi connectivity index (χ3n) is 3.52. The van der Waals surface area contributed by atoms with E-state index in [-0.39, 0.29) is 11.4 Å². The number of halogens is 1. The van der Waals surface area contributed by atoms with Gasteiger partial charge in [0, 0.05) is 10.9 Å². The lowest BCUT2D eigenvalue weighted by atomic mass is 10.1. The van der Waals surface area contributed by atoms with E-state index in [1.54, 1.807) is 12.1 Å². The number of rotatable bonds is 5. The number of benzene rings is 1. The number of amides is 1. The fourth-order valence-corrected chi connectivity index (χ4v) is 4.16. The second-order valence-corrected chi connectivity index (χ2v) is 7.17. The molecular weight excluding hydrogens is 349 g/mol. The van der Waals surface area contributed by atoms with Crippen LogP contribution in [0.3, 0.4) is 0 Å². The van der Waals surface area contributed by atoms with Crippen LogP contribution in [0, 0.1) is 5.82 Å². The first-order valence-corrected chi connectivity index (χ1v) is 8.99. The quantitative estimate of drug-likeness (QED) is 0.538. The standard InChI is InChI=1S/C16H14FN3O2S2/c1-2-11(13(18)21)24-16-19-14(22)12-10(7-23-15(12)20-16)8-3-5-9(17)6-4-8/h3-7,11H,2H2,1H3,(H2,18,21)(H,19,20,22). The van der Waals surface area contributed by atoms with Crippen LogP contribution in [0.2, 0.25) is 0 Å². The van der Waals surface area contributed by atoms with Gasteiger partial charge in [-0.2, -0.15) is 0 Å². The van der Waals surface area contributed by atoms with E-state index in [2.05, 4.69) is 9.97 Å². The van der Waals surface area contributed by atoms with E-state index in [4.69, 9.17) is 5.73 Å². The minimum absolute atomic E-state index is 0.289. The number of fused-ring (bicyclic) bond motifs is 1. The van der Waals surface area contributed by atoms with Crippen molar-refractivity contribution < 1.29 is 9.18 Å². The van der Waals surface area contributed by atoms with Crippen molar-refractivity contribution in [2.24, 2.45) is 5.73 Å². The van der Waals surface area contributed by atoms with Gasteiger partial charge in [-0.25, -0.2) is 9.37 Å². The summed E-state index contributed by atoms with van der Waals surface area (Å²) in [5.41, 5.74) is 6.50. The Morgan fingerprint density at radius 2 is 2.12 bits per heavy atom. The maximum atomic E-state index is 13.1. The van der Waals surface area contributed by atoms with Crippen molar-refractivity contribution in [2.75, 3.05) is 0 Å². The largest absolute Gasteiger partial charge is 0.369 e. The van der Waals surface area contributed by atoms with Gasteiger partial charge in [0.15, 0.2) is 5.16 Å². The molecule has 3 N–H and O–H groups in total. The van der Waals surface area contributed by atoms with Crippen LogP contribution < -0.4 is 11.3 Å². The van der Waals surface area contributed by atoms with Gasteiger partial charge in [0.25, 0.3) is 5.56 Å². The number of carbonyl (C=O) groups excluding carboxylic acids is 1. The topological polar surface area (TPSA) is 88.8 Å². The van der Waals surface area contributed by atoms with E-state index in [1.807, 2.05) is 12.3 Å². The Balaban J connectivity index is 2.04. The summed E-state index contributed by atoms with van der Waals surface area (Å²) >= 11 is 2.48. The number of thioether (sulfide) groups is 1. The molecule has 1 aromatic carbocycles. The molecule has 8 heteroatoms. The van der Waals surface area contributed by atoms with Gasteiger partial charge in [0.2, 0.25) is 5.91 Å². The van der Waals surface area contributed by atoms with Crippen molar-refractivity contribution in [3.05, 3.63) is 45.8 Å². The van der Waals surface area contributed by atoms with Gasteiger partial charge in [-0.1, -0.05) is 30.8 Å². The summed E-state index contributed by atoms with van der Waals surface area (Å²) in [6.07, 6.45) is 0.549. The first-order chi connectivity index (χ1) is 11.5. The van der Waals surface area contributed by atoms with Crippen LogP contribution >= 0.6 is 23.1 Å². The number of thiophene rings is 1. The molecule has 24 heavy (non-hydrogen) atoms. The molecule has 0 radical (unpaired) electrons. The molecule has 2 heterocycles. The summed E-state index contributed by atoms with van der Waals surface area (Å²) in [6.45, 7) is 1.84. The average Bonchev–Trinajstić information content (AvgIpc) is 2.97. The summed E-state index contributed by atoms with van der Waals surface area (Å²) in [5.74, 6) is -0.774. The van der Waals surface area contributed by atoms with Crippen molar-refractivity contribution in [1.29, 1.82) is 0 Å². The Labute approximate surface area is 145 Å². The lowest BCUT2D eigenvalue weighted by Gasteiger charge is -2.09. The molecule has 3 aromatic rings. The van der Waals surface area contributed by atoms with Crippen LogP contribution in [0.25, 0.3) is 21.3 Å². The third-order valence-corrected chi connectivity index (χ3v) is 5.66. The molecule has 0 spiro atoms. The smallest absolute Gasteiger partial charge is 0.260 e. The Morgan fingerprint density at radius 1 is 1.42 bits per heavy atom. The number of aromatic nitrogens is 2. The third kappa shape index (κ3) is 3.20. The maximum absolute atomic E-state index is 13.1. The van der Waals surface area contributed by atoms with Gasteiger partial charge in [-0.3, -0.25) is 9.59 Å². The van der Waals surface area contributed by atoms with Gasteiger partial charge in [-0.15, -0.1) is 11.3 Å². The summed E-state index contributed by atoms with van der Waals surface area (Å²) in [7, 11) is 0. The monoisotopic (exact) mass is 363 g/mol. The van der Waals surface area contributed by atoms with Crippen LogP contribution in [-0.2, 0) is 4.79 Å². The first kappa shape index (κ1) is 16.7. The molecule has 0 saturated heterocycles. The highest BCUT2D eigenvalue weighted by Crippen LogP contribution is 2.32. The van der Waals surface area contributed by atoms with Crippen molar-refractivity contribution in [1.82, 2.24) is 9.97 Å². The molecule has 0 bridgehead atoms. The fraction of sp³-hybridized carbons (Fsp3) is 0.188. The van der Waals surface area contributed by atoms with Gasteiger partial charge in [0.05, 0.1) is 10.6 Å². The van der Waals surface area contributed by atoms with Crippen molar-refractivity contribution in [3.63, 3.8) is 0 Å². The zero-order valence-electron chi connectivity index (χ0n) is 12.7. The zero-order chi connectivity index (χ0) is 17.3. The predicted octanol–water partition coefficient (Wildman–Crippen LogP) is 3.15. The SMILES string of the molecule is CCC(Sc1nc2scc(-c3ccc(F)cc3)c2c(=O)[nH]1)C(N)=O. The highest BCUT2D eigenvalue weighted by atomic mass is 32.2. The Hall–Kier alpha value is -2.19. The summed E-state index contributed by atoms with van der Waals surface area (Å²) in [6, 6.07) is 5.95. The fourth-order valence-electron chi connectivity index (χ4n) is 2.30. The second-order valence-electron chi connectivity index (χ2n) is 5.12. The normalized spacial score (nSPS) is 12.4. The summed E-state index contributed by atoms with van der Waals surface area (Å²) in [4.78, 5) is 31.5. The Kier molecular flexibility index (Phi) is 4.68. The van der Waals surface area contributed by atoms with Crippen LogP contribution in [0.1, 0.15) is 13.3 Å². The first-order valence-electron chi connectivity index (χ1n) is 7.23. The molecule has 124 valence electrons. The van der Waals surface area contributed by atoms with E-state index in [0.717, 1.165) is 17.3 Å². The number of carbonyl (C=O) groups is 1. The highest BCUT2D eigenvalue weighted by molar-refractivity contribution is 8.00. The van der Waals surface area contributed by atoms with E-state index in [9.17, 15) is 14.0 Å². The number of aromatic amines is 1. The van der Waals surface area contributed by atoms with Gasteiger partial charge >= 0.3 is 0 Å². The second kappa shape index (κ2) is 6.74. The average molecular weight is 363 g/mol. The Bertz CT molecular complexity index is 950. The molecule has 0 aliphatic heterocycles. The molecule has 2 aromatic heterocycles. The number of H-pyrrole nitrogens is 1. The van der Waals surface area contributed by atoms with Crippen molar-refractivity contribution >= 4 is 39.2 Å². The van der Waals surface area contributed by atoms with E-state index in [1.165, 1.54) is 23.5 Å². The number of primary amides is 1. The van der Waals surface area contributed by atoms with E-state index < -0.39 is 11.2 Å². The summed E-state index contributed by atoms with van der Waals surface area (Å²) < 4.78 is 13.1. The van der Waals surface area contributed by atoms with E-state index in [0.29, 0.717) is 27.4 Å². The molecule has 1 amide bonds. The number of nitrogens with zero attached hydrogens (tertiary/aromatic N) is 1. The number of hydrogen-bond donors (Lipinski definition) is 2. The Morgan fingerprint density at radius 3 is 2.75 bits per heavy atom. The van der Waals surface area contributed by atoms with Crippen molar-refractivity contribution in [2.45, 2.75) is 23.8 Å². The molecule has 0 aliphatic carbocycles. The molecule has 0 fully saturated rings. The lowest BCUT2D eigenvalue weighted by molar-refractivity contribution is -0.117. The molecule has 0 aliphatic rings. The molecule has 3 rings (SSSR count). The van der Waals surface area contributed by atoms with Gasteiger partial charge in [0.1, 0.15) is 10.6 Å². The number of nitrogens with one attached hydrogen (secondary N) is 1. The van der Waals surface area contributed by atoms with Crippen LogP contribution in [0.4, 0.5) is 4.39 Å². The molecular formula is C16H14FN3O2S2. The zero-order valence-corrected chi connectivity index (χ0v) is 14.3. The number of nitrogens with two attached hydrogens (primary N) is 1. The van der Waals surface area contributed by atoms with Gasteiger partial charge < -0.3 is 10.7 Å². The van der Waals surface area contributed by atoms with Crippen LogP contribution in [0.15, 0.2) is 39.6 Å². The maximum Gasteiger partial charge on any atom is 0.260 e. The molecule has 0 saturated carbocycles. The molecule has 1 atom stereocenters. The minimum atomic E-state index is -0.442. The van der Waals surface area contributed by atoms with Crippen LogP contribution in [-0.4, -0.2) is 21.1 Å².